The van der Waals surface area contributed by atoms with Crippen molar-refractivity contribution in [2.75, 3.05) is 33.7 Å². The van der Waals surface area contributed by atoms with Crippen LogP contribution in [-0.2, 0) is 13.0 Å². The smallest absolute Gasteiger partial charge is 0.249 e. The second kappa shape index (κ2) is 9.90. The van der Waals surface area contributed by atoms with E-state index in [1.54, 1.807) is 12.1 Å². The maximum Gasteiger partial charge on any atom is 0.249 e. The minimum Gasteiger partial charge on any atom is -0.508 e. The summed E-state index contributed by atoms with van der Waals surface area (Å²) >= 11 is 0. The maximum atomic E-state index is 12.1. The molecule has 1 aliphatic rings. The predicted molar refractivity (Wildman–Crippen MR) is 117 cm³/mol. The molecule has 0 bridgehead atoms. The number of nitrogens with two attached hydrogens (primary N) is 1. The number of phenols is 1. The summed E-state index contributed by atoms with van der Waals surface area (Å²) in [5, 5.41) is 10.5. The van der Waals surface area contributed by atoms with Crippen LogP contribution in [0.15, 0.2) is 42.5 Å². The molecule has 1 saturated heterocycles. The van der Waals surface area contributed by atoms with Crippen molar-refractivity contribution < 1.29 is 9.90 Å². The Bertz CT molecular complexity index is 812. The van der Waals surface area contributed by atoms with Crippen LogP contribution in [0.4, 0.5) is 0 Å². The van der Waals surface area contributed by atoms with Crippen LogP contribution < -0.4 is 5.73 Å². The van der Waals surface area contributed by atoms with Gasteiger partial charge in [-0.25, -0.2) is 0 Å². The fraction of sp³-hybridized carbons (Fsp3) is 0.458. The quantitative estimate of drug-likeness (QED) is 0.719. The SMILES string of the molecule is CN(C)Cc1c(O)ccc(C(N)=O)c1C1CCN(CCCc2ccccc2)CC1. The summed E-state index contributed by atoms with van der Waals surface area (Å²) in [6, 6.07) is 13.9. The summed E-state index contributed by atoms with van der Waals surface area (Å²) in [5.41, 5.74) is 9.42. The van der Waals surface area contributed by atoms with Crippen LogP contribution in [0.5, 0.6) is 5.75 Å². The summed E-state index contributed by atoms with van der Waals surface area (Å²) in [5.74, 6) is 0.0965. The van der Waals surface area contributed by atoms with E-state index >= 15 is 0 Å². The van der Waals surface area contributed by atoms with Gasteiger partial charge in [-0.2, -0.15) is 0 Å². The van der Waals surface area contributed by atoms with E-state index in [9.17, 15) is 9.90 Å². The van der Waals surface area contributed by atoms with Gasteiger partial charge >= 0.3 is 0 Å². The molecule has 0 radical (unpaired) electrons. The highest BCUT2D eigenvalue weighted by atomic mass is 16.3. The van der Waals surface area contributed by atoms with Gasteiger partial charge in [-0.3, -0.25) is 4.79 Å². The molecule has 0 aliphatic carbocycles. The molecule has 0 saturated carbocycles. The molecule has 0 atom stereocenters. The van der Waals surface area contributed by atoms with Crippen LogP contribution in [0, 0.1) is 0 Å². The zero-order valence-corrected chi connectivity index (χ0v) is 17.6. The Balaban J connectivity index is 1.65. The molecule has 3 N–H and O–H groups in total. The molecule has 5 nitrogen and oxygen atoms in total. The largest absolute Gasteiger partial charge is 0.508 e. The van der Waals surface area contributed by atoms with Crippen LogP contribution in [0.2, 0.25) is 0 Å². The Kier molecular flexibility index (Phi) is 7.29. The molecule has 1 heterocycles. The van der Waals surface area contributed by atoms with Crippen molar-refractivity contribution in [3.8, 4) is 5.75 Å². The van der Waals surface area contributed by atoms with Crippen LogP contribution in [0.1, 0.15) is 52.2 Å². The number of phenolic OH excluding ortho intramolecular Hbond substituents is 1. The topological polar surface area (TPSA) is 69.8 Å². The van der Waals surface area contributed by atoms with E-state index in [4.69, 9.17) is 5.73 Å². The number of aryl methyl sites for hydroxylation is 1. The normalized spacial score (nSPS) is 15.7. The first-order valence-electron chi connectivity index (χ1n) is 10.5. The van der Waals surface area contributed by atoms with Crippen molar-refractivity contribution in [1.82, 2.24) is 9.80 Å². The Hall–Kier alpha value is -2.37. The number of nitrogens with zero attached hydrogens (tertiary/aromatic N) is 2. The highest BCUT2D eigenvalue weighted by molar-refractivity contribution is 5.95. The number of hydrogen-bond acceptors (Lipinski definition) is 4. The molecule has 0 unspecified atom stereocenters. The number of amides is 1. The second-order valence-corrected chi connectivity index (χ2v) is 8.33. The summed E-state index contributed by atoms with van der Waals surface area (Å²) in [7, 11) is 3.94. The van der Waals surface area contributed by atoms with Gasteiger partial charge in [-0.15, -0.1) is 0 Å². The standard InChI is InChI=1S/C24H33N3O2/c1-26(2)17-21-22(28)11-10-20(24(25)29)23(21)19-12-15-27(16-13-19)14-6-9-18-7-4-3-5-8-18/h3-5,7-8,10-11,19,28H,6,9,12-17H2,1-2H3,(H2,25,29). The molecule has 156 valence electrons. The first-order valence-corrected chi connectivity index (χ1v) is 10.5. The summed E-state index contributed by atoms with van der Waals surface area (Å²) in [4.78, 5) is 16.6. The van der Waals surface area contributed by atoms with Gasteiger partial charge in [0.15, 0.2) is 0 Å². The second-order valence-electron chi connectivity index (χ2n) is 8.33. The van der Waals surface area contributed by atoms with Crippen LogP contribution in [-0.4, -0.2) is 54.5 Å². The Labute approximate surface area is 174 Å². The van der Waals surface area contributed by atoms with Crippen molar-refractivity contribution in [3.05, 3.63) is 64.7 Å². The maximum absolute atomic E-state index is 12.1. The number of likely N-dealkylation sites (tertiary alicyclic amines) is 1. The van der Waals surface area contributed by atoms with Crippen LogP contribution in [0.25, 0.3) is 0 Å². The number of carbonyl (C=O) groups is 1. The Morgan fingerprint density at radius 3 is 2.45 bits per heavy atom. The number of primary amides is 1. The van der Waals surface area contributed by atoms with Crippen LogP contribution in [0.3, 0.4) is 0 Å². The van der Waals surface area contributed by atoms with Crippen molar-refractivity contribution in [2.24, 2.45) is 5.73 Å². The lowest BCUT2D eigenvalue weighted by atomic mass is 9.82. The number of carbonyl (C=O) groups excluding carboxylic acids is 1. The molecular formula is C24H33N3O2. The minimum absolute atomic E-state index is 0.254. The first kappa shape index (κ1) is 21.3. The molecule has 0 aromatic heterocycles. The summed E-state index contributed by atoms with van der Waals surface area (Å²) in [6.07, 6.45) is 4.22. The third kappa shape index (κ3) is 5.58. The average molecular weight is 396 g/mol. The molecule has 1 fully saturated rings. The fourth-order valence-electron chi connectivity index (χ4n) is 4.41. The lowest BCUT2D eigenvalue weighted by Crippen LogP contribution is -2.35. The summed E-state index contributed by atoms with van der Waals surface area (Å²) in [6.45, 7) is 3.71. The van der Waals surface area contributed by atoms with Crippen molar-refractivity contribution >= 4 is 5.91 Å². The minimum atomic E-state index is -0.412. The van der Waals surface area contributed by atoms with Gasteiger partial charge in [0.1, 0.15) is 5.75 Å². The van der Waals surface area contributed by atoms with E-state index in [0.717, 1.165) is 56.4 Å². The van der Waals surface area contributed by atoms with Crippen molar-refractivity contribution in [1.29, 1.82) is 0 Å². The highest BCUT2D eigenvalue weighted by Gasteiger charge is 2.27. The molecule has 1 amide bonds. The van der Waals surface area contributed by atoms with Gasteiger partial charge in [0.05, 0.1) is 0 Å². The van der Waals surface area contributed by atoms with Crippen molar-refractivity contribution in [3.63, 3.8) is 0 Å². The molecule has 2 aromatic rings. The van der Waals surface area contributed by atoms with Gasteiger partial charge in [0, 0.05) is 17.7 Å². The van der Waals surface area contributed by atoms with Crippen LogP contribution >= 0.6 is 0 Å². The number of aromatic hydroxyl groups is 1. The molecule has 29 heavy (non-hydrogen) atoms. The van der Waals surface area contributed by atoms with E-state index in [0.29, 0.717) is 12.1 Å². The van der Waals surface area contributed by atoms with E-state index < -0.39 is 5.91 Å². The van der Waals surface area contributed by atoms with Gasteiger partial charge in [-0.1, -0.05) is 30.3 Å². The molecule has 2 aromatic carbocycles. The van der Waals surface area contributed by atoms with Gasteiger partial charge in [0.2, 0.25) is 5.91 Å². The monoisotopic (exact) mass is 395 g/mol. The van der Waals surface area contributed by atoms with E-state index in [2.05, 4.69) is 35.2 Å². The Morgan fingerprint density at radius 1 is 1.14 bits per heavy atom. The highest BCUT2D eigenvalue weighted by Crippen LogP contribution is 2.37. The number of hydrogen-bond donors (Lipinski definition) is 2. The molecule has 0 spiro atoms. The predicted octanol–water partition coefficient (Wildman–Crippen LogP) is 3.36. The molecular weight excluding hydrogens is 362 g/mol. The zero-order chi connectivity index (χ0) is 20.8. The van der Waals surface area contributed by atoms with E-state index in [1.807, 2.05) is 19.0 Å². The lowest BCUT2D eigenvalue weighted by Gasteiger charge is -2.34. The summed E-state index contributed by atoms with van der Waals surface area (Å²) < 4.78 is 0. The van der Waals surface area contributed by atoms with E-state index in [-0.39, 0.29) is 11.7 Å². The van der Waals surface area contributed by atoms with Gasteiger partial charge in [-0.05, 0) is 88.6 Å². The number of rotatable bonds is 8. The zero-order valence-electron chi connectivity index (χ0n) is 17.6. The van der Waals surface area contributed by atoms with Gasteiger partial charge in [0.25, 0.3) is 0 Å². The molecule has 3 rings (SSSR count). The molecule has 1 aliphatic heterocycles. The van der Waals surface area contributed by atoms with Crippen molar-refractivity contribution in [2.45, 2.75) is 38.1 Å². The fourth-order valence-corrected chi connectivity index (χ4v) is 4.41. The van der Waals surface area contributed by atoms with E-state index in [1.165, 1.54) is 5.56 Å². The van der Waals surface area contributed by atoms with Gasteiger partial charge < -0.3 is 20.6 Å². The Morgan fingerprint density at radius 2 is 1.83 bits per heavy atom. The first-order chi connectivity index (χ1) is 14.0. The number of benzene rings is 2. The lowest BCUT2D eigenvalue weighted by molar-refractivity contribution is 0.0997. The number of piperidine rings is 1. The average Bonchev–Trinajstić information content (AvgIpc) is 2.70. The third-order valence-corrected chi connectivity index (χ3v) is 5.85. The molecule has 5 heteroatoms. The third-order valence-electron chi connectivity index (χ3n) is 5.85.